The molecule has 0 spiro atoms. The molecule has 36 heavy (non-hydrogen) atoms. The molecule has 1 aliphatic carbocycles. The van der Waals surface area contributed by atoms with E-state index in [4.69, 9.17) is 0 Å². The van der Waals surface area contributed by atoms with Gasteiger partial charge in [0.2, 0.25) is 10.0 Å². The Balaban J connectivity index is 1.37. The number of carbonyl (C=O) groups is 1. The van der Waals surface area contributed by atoms with Crippen LogP contribution in [0.25, 0.3) is 11.5 Å². The molecule has 5 rings (SSSR count). The van der Waals surface area contributed by atoms with Crippen LogP contribution in [0.2, 0.25) is 0 Å². The highest BCUT2D eigenvalue weighted by Gasteiger charge is 2.36. The van der Waals surface area contributed by atoms with E-state index in [1.54, 1.807) is 24.5 Å². The first-order valence-electron chi connectivity index (χ1n) is 12.2. The monoisotopic (exact) mass is 512 g/mol. The third kappa shape index (κ3) is 4.64. The maximum Gasteiger partial charge on any atom is 0.259 e. The minimum absolute atomic E-state index is 0.122. The van der Waals surface area contributed by atoms with Crippen LogP contribution in [0.3, 0.4) is 0 Å². The van der Waals surface area contributed by atoms with E-state index in [1.807, 2.05) is 18.4 Å². The molecular weight excluding hydrogens is 483 g/mol. The summed E-state index contributed by atoms with van der Waals surface area (Å²) in [4.78, 5) is 17.5. The number of pyridine rings is 1. The molecule has 0 atom stereocenters. The first kappa shape index (κ1) is 24.5. The van der Waals surface area contributed by atoms with Crippen LogP contribution in [-0.4, -0.2) is 50.2 Å². The molecule has 2 aliphatic rings. The molecule has 0 bridgehead atoms. The lowest BCUT2D eigenvalue weighted by Gasteiger charge is -2.30. The van der Waals surface area contributed by atoms with Crippen LogP contribution in [0, 0.1) is 5.82 Å². The molecule has 11 heteroatoms. The molecule has 1 amide bonds. The van der Waals surface area contributed by atoms with E-state index in [1.165, 1.54) is 16.4 Å². The normalized spacial score (nSPS) is 16.9. The second-order valence-corrected chi connectivity index (χ2v) is 11.9. The van der Waals surface area contributed by atoms with Crippen molar-refractivity contribution in [3.05, 3.63) is 59.2 Å². The number of nitrogens with zero attached hydrogens (tertiary/aromatic N) is 5. The predicted molar refractivity (Wildman–Crippen MR) is 133 cm³/mol. The molecule has 1 N–H and O–H groups in total. The molecule has 3 aromatic rings. The van der Waals surface area contributed by atoms with Gasteiger partial charge in [-0.25, -0.2) is 17.8 Å². The Bertz CT molecular complexity index is 1400. The highest BCUT2D eigenvalue weighted by Crippen LogP contribution is 2.31. The summed E-state index contributed by atoms with van der Waals surface area (Å²) < 4.78 is 44.4. The maximum absolute atomic E-state index is 14.9. The van der Waals surface area contributed by atoms with Gasteiger partial charge in [-0.2, -0.15) is 4.31 Å². The van der Waals surface area contributed by atoms with E-state index < -0.39 is 21.7 Å². The number of hydrogen-bond acceptors (Lipinski definition) is 6. The van der Waals surface area contributed by atoms with Crippen LogP contribution in [-0.2, 0) is 23.0 Å². The largest absolute Gasteiger partial charge is 0.310 e. The van der Waals surface area contributed by atoms with Crippen LogP contribution in [0.1, 0.15) is 67.1 Å². The summed E-state index contributed by atoms with van der Waals surface area (Å²) in [5.41, 5.74) is 1.76. The molecule has 1 fully saturated rings. The number of aromatic nitrogens is 4. The van der Waals surface area contributed by atoms with Gasteiger partial charge in [0.25, 0.3) is 5.91 Å². The van der Waals surface area contributed by atoms with Gasteiger partial charge in [0, 0.05) is 19.1 Å². The quantitative estimate of drug-likeness (QED) is 0.536. The van der Waals surface area contributed by atoms with Crippen molar-refractivity contribution < 1.29 is 17.6 Å². The van der Waals surface area contributed by atoms with Crippen LogP contribution in [0.15, 0.2) is 36.7 Å². The summed E-state index contributed by atoms with van der Waals surface area (Å²) in [7, 11) is -3.42. The van der Waals surface area contributed by atoms with Gasteiger partial charge in [0.15, 0.2) is 5.82 Å². The van der Waals surface area contributed by atoms with Crippen molar-refractivity contribution in [3.8, 4) is 11.5 Å². The smallest absolute Gasteiger partial charge is 0.259 e. The van der Waals surface area contributed by atoms with Gasteiger partial charge >= 0.3 is 0 Å². The molecule has 0 saturated heterocycles. The minimum atomic E-state index is -3.42. The summed E-state index contributed by atoms with van der Waals surface area (Å²) >= 11 is 0. The maximum atomic E-state index is 14.9. The molecule has 9 nitrogen and oxygen atoms in total. The van der Waals surface area contributed by atoms with Gasteiger partial charge < -0.3 is 9.88 Å². The van der Waals surface area contributed by atoms with Crippen LogP contribution >= 0.6 is 0 Å². The SMILES string of the molecule is CC(C)n1cnnc1-c1cccc(NC(=O)c2cc3c(cc2F)CCN(S(=O)(=O)C2CCCC2)C3)n1. The lowest BCUT2D eigenvalue weighted by atomic mass is 9.97. The number of halogens is 1. The molecule has 1 aromatic carbocycles. The molecule has 1 aliphatic heterocycles. The lowest BCUT2D eigenvalue weighted by molar-refractivity contribution is 0.102. The van der Waals surface area contributed by atoms with E-state index in [0.717, 1.165) is 18.4 Å². The Morgan fingerprint density at radius 2 is 1.94 bits per heavy atom. The van der Waals surface area contributed by atoms with Gasteiger partial charge in [-0.1, -0.05) is 18.9 Å². The number of hydrogen-bond donors (Lipinski definition) is 1. The topological polar surface area (TPSA) is 110 Å². The molecule has 3 heterocycles. The summed E-state index contributed by atoms with van der Waals surface area (Å²) in [6.07, 6.45) is 5.25. The van der Waals surface area contributed by atoms with E-state index >= 15 is 0 Å². The van der Waals surface area contributed by atoms with Gasteiger partial charge in [-0.05, 0) is 68.5 Å². The highest BCUT2D eigenvalue weighted by molar-refractivity contribution is 7.89. The predicted octanol–water partition coefficient (Wildman–Crippen LogP) is 3.94. The Morgan fingerprint density at radius 1 is 1.17 bits per heavy atom. The van der Waals surface area contributed by atoms with Crippen molar-refractivity contribution in [1.82, 2.24) is 24.1 Å². The first-order chi connectivity index (χ1) is 17.2. The zero-order chi connectivity index (χ0) is 25.4. The van der Waals surface area contributed by atoms with E-state index in [0.29, 0.717) is 42.9 Å². The van der Waals surface area contributed by atoms with Gasteiger partial charge in [0.1, 0.15) is 23.7 Å². The molecule has 190 valence electrons. The summed E-state index contributed by atoms with van der Waals surface area (Å²) in [5, 5.41) is 10.4. The molecule has 0 unspecified atom stereocenters. The lowest BCUT2D eigenvalue weighted by Crippen LogP contribution is -2.41. The summed E-state index contributed by atoms with van der Waals surface area (Å²) in [6, 6.07) is 8.04. The minimum Gasteiger partial charge on any atom is -0.310 e. The number of sulfonamides is 1. The number of benzene rings is 1. The zero-order valence-corrected chi connectivity index (χ0v) is 21.1. The van der Waals surface area contributed by atoms with E-state index in [2.05, 4.69) is 20.5 Å². The van der Waals surface area contributed by atoms with Crippen molar-refractivity contribution in [2.75, 3.05) is 11.9 Å². The van der Waals surface area contributed by atoms with Gasteiger partial charge in [-0.3, -0.25) is 4.79 Å². The number of anilines is 1. The third-order valence-corrected chi connectivity index (χ3v) is 9.29. The summed E-state index contributed by atoms with van der Waals surface area (Å²) in [5.74, 6) is -0.488. The number of nitrogens with one attached hydrogen (secondary N) is 1. The van der Waals surface area contributed by atoms with Gasteiger partial charge in [0.05, 0.1) is 10.8 Å². The fourth-order valence-corrected chi connectivity index (χ4v) is 6.97. The third-order valence-electron chi connectivity index (χ3n) is 6.94. The second-order valence-electron chi connectivity index (χ2n) is 9.65. The second kappa shape index (κ2) is 9.70. The van der Waals surface area contributed by atoms with Crippen LogP contribution in [0.5, 0.6) is 0 Å². The number of carbonyl (C=O) groups excluding carboxylic acids is 1. The highest BCUT2D eigenvalue weighted by atomic mass is 32.2. The Hall–Kier alpha value is -3.18. The first-order valence-corrected chi connectivity index (χ1v) is 13.7. The van der Waals surface area contributed by atoms with Crippen molar-refractivity contribution in [3.63, 3.8) is 0 Å². The Labute approximate surface area is 209 Å². The standard InChI is InChI=1S/C25H29FN6O3S/c1-16(2)32-15-27-30-24(32)22-8-5-9-23(28-22)29-25(33)20-12-18-14-31(11-10-17(18)13-21(20)26)36(34,35)19-6-3-4-7-19/h5,8-9,12-13,15-16,19H,3-4,6-7,10-11,14H2,1-2H3,(H,28,29,33). The van der Waals surface area contributed by atoms with Crippen LogP contribution in [0.4, 0.5) is 10.2 Å². The molecule has 2 aromatic heterocycles. The summed E-state index contributed by atoms with van der Waals surface area (Å²) in [6.45, 7) is 4.47. The Morgan fingerprint density at radius 3 is 2.69 bits per heavy atom. The average molecular weight is 513 g/mol. The average Bonchev–Trinajstić information content (AvgIpc) is 3.56. The van der Waals surface area contributed by atoms with Crippen molar-refractivity contribution in [1.29, 1.82) is 0 Å². The van der Waals surface area contributed by atoms with E-state index in [9.17, 15) is 17.6 Å². The zero-order valence-electron chi connectivity index (χ0n) is 20.3. The fourth-order valence-electron chi connectivity index (χ4n) is 4.96. The molecule has 0 radical (unpaired) electrons. The number of fused-ring (bicyclic) bond motifs is 1. The van der Waals surface area contributed by atoms with Crippen molar-refractivity contribution in [2.24, 2.45) is 0 Å². The molecule has 1 saturated carbocycles. The molecular formula is C25H29FN6O3S. The number of rotatable bonds is 6. The van der Waals surface area contributed by atoms with Gasteiger partial charge in [-0.15, -0.1) is 10.2 Å². The van der Waals surface area contributed by atoms with E-state index in [-0.39, 0.29) is 29.2 Å². The fraction of sp³-hybridized carbons (Fsp3) is 0.440. The van der Waals surface area contributed by atoms with Crippen molar-refractivity contribution >= 4 is 21.7 Å². The Kier molecular flexibility index (Phi) is 6.60. The van der Waals surface area contributed by atoms with Crippen molar-refractivity contribution in [2.45, 2.75) is 63.8 Å². The number of amides is 1. The van der Waals surface area contributed by atoms with Crippen LogP contribution < -0.4 is 5.32 Å².